The highest BCUT2D eigenvalue weighted by Gasteiger charge is 2.52. The van der Waals surface area contributed by atoms with Crippen molar-refractivity contribution >= 4 is 11.8 Å². The monoisotopic (exact) mass is 412 g/mol. The summed E-state index contributed by atoms with van der Waals surface area (Å²) in [5, 5.41) is 0. The molecule has 1 aliphatic heterocycles. The van der Waals surface area contributed by atoms with Crippen LogP contribution < -0.4 is 0 Å². The molecule has 1 aliphatic rings. The van der Waals surface area contributed by atoms with E-state index in [2.05, 4.69) is 6.58 Å². The minimum absolute atomic E-state index is 0.0487. The van der Waals surface area contributed by atoms with Crippen LogP contribution in [0.2, 0.25) is 0 Å². The molecular weight excluding hydrogens is 388 g/mol. The Kier molecular flexibility index (Phi) is 5.83. The first-order valence-corrected chi connectivity index (χ1v) is 10.2. The second kappa shape index (κ2) is 8.70. The lowest BCUT2D eigenvalue weighted by molar-refractivity contribution is -0.157. The summed E-state index contributed by atoms with van der Waals surface area (Å²) in [4.78, 5) is 25.9. The van der Waals surface area contributed by atoms with Crippen LogP contribution in [0.5, 0.6) is 0 Å². The van der Waals surface area contributed by atoms with Gasteiger partial charge in [-0.1, -0.05) is 97.1 Å². The number of hydrogen-bond acceptors (Lipinski definition) is 4. The molecule has 2 atom stereocenters. The zero-order valence-electron chi connectivity index (χ0n) is 17.4. The third kappa shape index (κ3) is 3.82. The molecule has 0 bridgehead atoms. The van der Waals surface area contributed by atoms with Gasteiger partial charge in [-0.25, -0.2) is 0 Å². The second-order valence-electron chi connectivity index (χ2n) is 7.76. The molecule has 0 N–H and O–H groups in total. The van der Waals surface area contributed by atoms with Gasteiger partial charge in [0.1, 0.15) is 11.5 Å². The van der Waals surface area contributed by atoms with Crippen LogP contribution >= 0.6 is 0 Å². The van der Waals surface area contributed by atoms with Crippen molar-refractivity contribution in [3.05, 3.63) is 119 Å². The normalized spacial score (nSPS) is 20.8. The van der Waals surface area contributed by atoms with Crippen molar-refractivity contribution in [1.82, 2.24) is 0 Å². The van der Waals surface area contributed by atoms with Crippen molar-refractivity contribution < 1.29 is 19.1 Å². The molecule has 0 aromatic heterocycles. The molecule has 4 rings (SSSR count). The molecule has 0 radical (unpaired) electrons. The average molecular weight is 412 g/mol. The van der Waals surface area contributed by atoms with E-state index in [1.807, 2.05) is 60.7 Å². The maximum atomic E-state index is 13.2. The minimum atomic E-state index is -1.05. The molecular formula is C27H24O4. The molecule has 31 heavy (non-hydrogen) atoms. The Hall–Kier alpha value is -3.50. The van der Waals surface area contributed by atoms with Gasteiger partial charge in [-0.05, 0) is 17.5 Å². The highest BCUT2D eigenvalue weighted by Crippen LogP contribution is 2.48. The number of ketones is 1. The molecule has 0 amide bonds. The predicted molar refractivity (Wildman–Crippen MR) is 119 cm³/mol. The SMILES string of the molecule is C=C1CO[C@@H](c2ccc(C(=O)c3ccccc3)cc2)[C@](C(=O)OC)(c2ccccc2)C1. The number of hydrogen-bond donors (Lipinski definition) is 0. The average Bonchev–Trinajstić information content (AvgIpc) is 2.84. The molecule has 0 spiro atoms. The maximum absolute atomic E-state index is 13.2. The van der Waals surface area contributed by atoms with Crippen molar-refractivity contribution in [1.29, 1.82) is 0 Å². The quantitative estimate of drug-likeness (QED) is 0.334. The second-order valence-corrected chi connectivity index (χ2v) is 7.76. The standard InChI is InChI=1S/C27H24O4/c1-19-17-27(26(29)30-2,23-11-7-4-8-12-23)25(31-18-19)22-15-13-21(14-16-22)24(28)20-9-5-3-6-10-20/h3-16,25H,1,17-18H2,2H3/t25-,27+/m0/s1. The molecule has 3 aromatic rings. The van der Waals surface area contributed by atoms with Crippen LogP contribution in [0, 0.1) is 0 Å². The Bertz CT molecular complexity index is 1090. The molecule has 0 aliphatic carbocycles. The van der Waals surface area contributed by atoms with Crippen LogP contribution in [-0.4, -0.2) is 25.5 Å². The summed E-state index contributed by atoms with van der Waals surface area (Å²) < 4.78 is 11.4. The van der Waals surface area contributed by atoms with Gasteiger partial charge < -0.3 is 9.47 Å². The Labute approximate surface area is 182 Å². The van der Waals surface area contributed by atoms with Crippen molar-refractivity contribution in [2.75, 3.05) is 13.7 Å². The highest BCUT2D eigenvalue weighted by atomic mass is 16.5. The zero-order chi connectivity index (χ0) is 21.8. The van der Waals surface area contributed by atoms with Crippen LogP contribution in [-0.2, 0) is 19.7 Å². The fraction of sp³-hybridized carbons (Fsp3) is 0.185. The lowest BCUT2D eigenvalue weighted by Gasteiger charge is -2.43. The van der Waals surface area contributed by atoms with Crippen molar-refractivity contribution in [3.63, 3.8) is 0 Å². The number of carbonyl (C=O) groups excluding carboxylic acids is 2. The Morgan fingerprint density at radius 2 is 1.48 bits per heavy atom. The van der Waals surface area contributed by atoms with Gasteiger partial charge in [-0.15, -0.1) is 0 Å². The molecule has 156 valence electrons. The van der Waals surface area contributed by atoms with E-state index < -0.39 is 11.5 Å². The van der Waals surface area contributed by atoms with E-state index in [0.29, 0.717) is 24.2 Å². The van der Waals surface area contributed by atoms with Crippen LogP contribution in [0.25, 0.3) is 0 Å². The molecule has 1 fully saturated rings. The molecule has 0 unspecified atom stereocenters. The number of ether oxygens (including phenoxy) is 2. The molecule has 1 heterocycles. The number of carbonyl (C=O) groups is 2. The van der Waals surface area contributed by atoms with E-state index in [9.17, 15) is 9.59 Å². The summed E-state index contributed by atoms with van der Waals surface area (Å²) in [7, 11) is 1.39. The van der Waals surface area contributed by atoms with Gasteiger partial charge in [0, 0.05) is 11.1 Å². The summed E-state index contributed by atoms with van der Waals surface area (Å²) >= 11 is 0. The number of methoxy groups -OCH3 is 1. The number of rotatable bonds is 5. The third-order valence-corrected chi connectivity index (χ3v) is 5.78. The summed E-state index contributed by atoms with van der Waals surface area (Å²) in [6, 6.07) is 26.0. The van der Waals surface area contributed by atoms with Crippen molar-refractivity contribution in [2.24, 2.45) is 0 Å². The van der Waals surface area contributed by atoms with Gasteiger partial charge in [-0.2, -0.15) is 0 Å². The Morgan fingerprint density at radius 1 is 0.903 bits per heavy atom. The molecule has 4 nitrogen and oxygen atoms in total. The summed E-state index contributed by atoms with van der Waals surface area (Å²) in [5.74, 6) is -0.415. The van der Waals surface area contributed by atoms with Gasteiger partial charge >= 0.3 is 5.97 Å². The van der Waals surface area contributed by atoms with E-state index >= 15 is 0 Å². The third-order valence-electron chi connectivity index (χ3n) is 5.78. The lowest BCUT2D eigenvalue weighted by atomic mass is 9.68. The highest BCUT2D eigenvalue weighted by molar-refractivity contribution is 6.08. The summed E-state index contributed by atoms with van der Waals surface area (Å²) in [6.07, 6.45) is -0.132. The van der Waals surface area contributed by atoms with E-state index in [4.69, 9.17) is 9.47 Å². The maximum Gasteiger partial charge on any atom is 0.319 e. The predicted octanol–water partition coefficient (Wildman–Crippen LogP) is 5.05. The first-order chi connectivity index (χ1) is 15.1. The first kappa shape index (κ1) is 20.8. The number of esters is 1. The largest absolute Gasteiger partial charge is 0.468 e. The summed E-state index contributed by atoms with van der Waals surface area (Å²) in [5.41, 5.74) is 2.63. The molecule has 3 aromatic carbocycles. The van der Waals surface area contributed by atoms with Crippen LogP contribution in [0.4, 0.5) is 0 Å². The Balaban J connectivity index is 1.75. The molecule has 4 heteroatoms. The topological polar surface area (TPSA) is 52.6 Å². The molecule has 0 saturated carbocycles. The van der Waals surface area contributed by atoms with E-state index in [1.165, 1.54) is 7.11 Å². The van der Waals surface area contributed by atoms with Crippen LogP contribution in [0.1, 0.15) is 39.6 Å². The number of benzene rings is 3. The van der Waals surface area contributed by atoms with Gasteiger partial charge in [0.15, 0.2) is 5.78 Å². The van der Waals surface area contributed by atoms with Gasteiger partial charge in [-0.3, -0.25) is 9.59 Å². The Morgan fingerprint density at radius 3 is 2.10 bits per heavy atom. The van der Waals surface area contributed by atoms with Crippen molar-refractivity contribution in [3.8, 4) is 0 Å². The fourth-order valence-corrected chi connectivity index (χ4v) is 4.30. The van der Waals surface area contributed by atoms with E-state index in [0.717, 1.165) is 16.7 Å². The van der Waals surface area contributed by atoms with Crippen molar-refractivity contribution in [2.45, 2.75) is 17.9 Å². The van der Waals surface area contributed by atoms with Gasteiger partial charge in [0.25, 0.3) is 0 Å². The minimum Gasteiger partial charge on any atom is -0.468 e. The molecule has 1 saturated heterocycles. The van der Waals surface area contributed by atoms with E-state index in [-0.39, 0.29) is 11.8 Å². The zero-order valence-corrected chi connectivity index (χ0v) is 17.4. The van der Waals surface area contributed by atoms with E-state index in [1.54, 1.807) is 24.3 Å². The van der Waals surface area contributed by atoms with Crippen LogP contribution in [0.15, 0.2) is 97.1 Å². The van der Waals surface area contributed by atoms with Crippen LogP contribution in [0.3, 0.4) is 0 Å². The fourth-order valence-electron chi connectivity index (χ4n) is 4.30. The van der Waals surface area contributed by atoms with Gasteiger partial charge in [0.2, 0.25) is 0 Å². The smallest absolute Gasteiger partial charge is 0.319 e. The first-order valence-electron chi connectivity index (χ1n) is 10.2. The lowest BCUT2D eigenvalue weighted by Crippen LogP contribution is -2.47. The summed E-state index contributed by atoms with van der Waals surface area (Å²) in [6.45, 7) is 4.44. The van der Waals surface area contributed by atoms with Gasteiger partial charge in [0.05, 0.1) is 13.7 Å².